The molecule has 0 amide bonds. The first-order chi connectivity index (χ1) is 11.2. The number of rotatable bonds is 5. The number of carbonyl (C=O) groups is 1. The Morgan fingerprint density at radius 3 is 2.58 bits per heavy atom. The number of hydrogen-bond donors (Lipinski definition) is 0. The number of benzene rings is 1. The van der Waals surface area contributed by atoms with Gasteiger partial charge in [-0.25, -0.2) is 0 Å². The van der Waals surface area contributed by atoms with Crippen LogP contribution in [0.2, 0.25) is 0 Å². The van der Waals surface area contributed by atoms with Gasteiger partial charge in [0.25, 0.3) is 10.1 Å². The van der Waals surface area contributed by atoms with Crippen LogP contribution in [0.15, 0.2) is 41.3 Å². The highest BCUT2D eigenvalue weighted by Gasteiger charge is 2.51. The molecule has 1 fully saturated rings. The summed E-state index contributed by atoms with van der Waals surface area (Å²) in [6, 6.07) is 6.62. The quantitative estimate of drug-likeness (QED) is 0.603. The molecule has 0 N–H and O–H groups in total. The Labute approximate surface area is 144 Å². The average Bonchev–Trinajstić information content (AvgIpc) is 2.78. The number of ketones is 1. The molecule has 0 unspecified atom stereocenters. The van der Waals surface area contributed by atoms with Crippen LogP contribution < -0.4 is 0 Å². The molecular weight excluding hydrogens is 324 g/mol. The zero-order chi connectivity index (χ0) is 17.5. The molecule has 1 aromatic carbocycles. The van der Waals surface area contributed by atoms with Crippen molar-refractivity contribution in [1.29, 1.82) is 0 Å². The number of fused-ring (bicyclic) bond motifs is 2. The Morgan fingerprint density at radius 2 is 1.92 bits per heavy atom. The van der Waals surface area contributed by atoms with Crippen LogP contribution in [0.25, 0.3) is 0 Å². The summed E-state index contributed by atoms with van der Waals surface area (Å²) in [6.45, 7) is 5.97. The van der Waals surface area contributed by atoms with E-state index in [0.717, 1.165) is 12.0 Å². The number of Topliss-reactive ketones (excluding diaryl/α,β-unsaturated/α-hetero) is 1. The van der Waals surface area contributed by atoms with Gasteiger partial charge < -0.3 is 0 Å². The minimum atomic E-state index is -3.74. The highest BCUT2D eigenvalue weighted by molar-refractivity contribution is 7.86. The average molecular weight is 348 g/mol. The van der Waals surface area contributed by atoms with E-state index in [1.54, 1.807) is 24.3 Å². The van der Waals surface area contributed by atoms with Crippen LogP contribution in [0, 0.1) is 30.1 Å². The second-order valence-electron chi connectivity index (χ2n) is 7.29. The van der Waals surface area contributed by atoms with Crippen LogP contribution in [0.4, 0.5) is 0 Å². The summed E-state index contributed by atoms with van der Waals surface area (Å²) in [5.74, 6) is 0.810. The van der Waals surface area contributed by atoms with E-state index < -0.39 is 15.5 Å². The van der Waals surface area contributed by atoms with E-state index in [9.17, 15) is 13.2 Å². The number of allylic oxidation sites excluding steroid dienone is 2. The van der Waals surface area contributed by atoms with E-state index in [-0.39, 0.29) is 29.1 Å². The maximum absolute atomic E-state index is 12.5. The molecule has 2 aliphatic carbocycles. The van der Waals surface area contributed by atoms with E-state index in [0.29, 0.717) is 12.3 Å². The van der Waals surface area contributed by atoms with Gasteiger partial charge in [0.15, 0.2) is 0 Å². The Hall–Kier alpha value is -1.46. The predicted molar refractivity (Wildman–Crippen MR) is 91.9 cm³/mol. The van der Waals surface area contributed by atoms with Gasteiger partial charge in [-0.2, -0.15) is 8.42 Å². The van der Waals surface area contributed by atoms with Crippen molar-refractivity contribution in [2.75, 3.05) is 6.61 Å². The van der Waals surface area contributed by atoms with Crippen LogP contribution in [-0.4, -0.2) is 20.8 Å². The molecule has 130 valence electrons. The monoisotopic (exact) mass is 348 g/mol. The first kappa shape index (κ1) is 17.4. The highest BCUT2D eigenvalue weighted by atomic mass is 32.2. The van der Waals surface area contributed by atoms with Gasteiger partial charge in [-0.05, 0) is 50.7 Å². The van der Waals surface area contributed by atoms with Gasteiger partial charge in [0.2, 0.25) is 0 Å². The lowest BCUT2D eigenvalue weighted by Crippen LogP contribution is -2.43. The van der Waals surface area contributed by atoms with Crippen molar-refractivity contribution in [1.82, 2.24) is 0 Å². The molecule has 0 radical (unpaired) electrons. The summed E-state index contributed by atoms with van der Waals surface area (Å²) in [6.07, 6.45) is 5.56. The minimum Gasteiger partial charge on any atom is -0.298 e. The molecule has 3 rings (SSSR count). The summed E-state index contributed by atoms with van der Waals surface area (Å²) in [5, 5.41) is 0. The zero-order valence-electron chi connectivity index (χ0n) is 14.4. The van der Waals surface area contributed by atoms with Gasteiger partial charge in [0.05, 0.1) is 11.5 Å². The fourth-order valence-electron chi connectivity index (χ4n) is 4.15. The topological polar surface area (TPSA) is 60.4 Å². The first-order valence-corrected chi connectivity index (χ1v) is 9.84. The molecule has 2 bridgehead atoms. The Morgan fingerprint density at radius 1 is 1.25 bits per heavy atom. The van der Waals surface area contributed by atoms with Crippen molar-refractivity contribution in [2.45, 2.75) is 38.5 Å². The molecule has 0 spiro atoms. The highest BCUT2D eigenvalue weighted by Crippen LogP contribution is 2.52. The number of hydrogen-bond acceptors (Lipinski definition) is 4. The molecule has 2 aliphatic rings. The van der Waals surface area contributed by atoms with E-state index >= 15 is 0 Å². The molecule has 0 aliphatic heterocycles. The van der Waals surface area contributed by atoms with E-state index in [1.807, 2.05) is 26.8 Å². The van der Waals surface area contributed by atoms with Gasteiger partial charge in [-0.1, -0.05) is 36.8 Å². The second-order valence-corrected chi connectivity index (χ2v) is 8.91. The fraction of sp³-hybridized carbons (Fsp3) is 0.526. The third-order valence-corrected chi connectivity index (χ3v) is 6.88. The number of aryl methyl sites for hydroxylation is 1. The van der Waals surface area contributed by atoms with Gasteiger partial charge in [-0.3, -0.25) is 8.98 Å². The minimum absolute atomic E-state index is 0.0726. The van der Waals surface area contributed by atoms with Crippen molar-refractivity contribution in [3.63, 3.8) is 0 Å². The van der Waals surface area contributed by atoms with Gasteiger partial charge in [-0.15, -0.1) is 0 Å². The fourth-order valence-corrected chi connectivity index (χ4v) is 5.07. The lowest BCUT2D eigenvalue weighted by Gasteiger charge is -2.40. The standard InChI is InChI=1S/C19H24O4S/c1-13-4-6-16(7-5-13)24(21,22)23-11-9-17-15-8-10-19(17,3)18(20)14(2)12-15/h4-8,10,14-15,17H,9,11-12H2,1-3H3/t14-,15+,17-,19+/m0/s1. The van der Waals surface area contributed by atoms with E-state index in [4.69, 9.17) is 4.18 Å². The molecule has 1 aromatic rings. The zero-order valence-corrected chi connectivity index (χ0v) is 15.2. The summed E-state index contributed by atoms with van der Waals surface area (Å²) >= 11 is 0. The van der Waals surface area contributed by atoms with E-state index in [2.05, 4.69) is 6.08 Å². The number of carbonyl (C=O) groups excluding carboxylic acids is 1. The van der Waals surface area contributed by atoms with Crippen molar-refractivity contribution in [2.24, 2.45) is 23.2 Å². The van der Waals surface area contributed by atoms with Crippen molar-refractivity contribution in [3.8, 4) is 0 Å². The van der Waals surface area contributed by atoms with Crippen LogP contribution in [0.1, 0.15) is 32.3 Å². The molecule has 0 aromatic heterocycles. The predicted octanol–water partition coefficient (Wildman–Crippen LogP) is 3.51. The summed E-state index contributed by atoms with van der Waals surface area (Å²) < 4.78 is 29.7. The van der Waals surface area contributed by atoms with Gasteiger partial charge in [0, 0.05) is 11.3 Å². The maximum atomic E-state index is 12.5. The van der Waals surface area contributed by atoms with E-state index in [1.165, 1.54) is 0 Å². The normalized spacial score (nSPS) is 32.3. The smallest absolute Gasteiger partial charge is 0.296 e. The molecule has 0 heterocycles. The molecule has 5 heteroatoms. The van der Waals surface area contributed by atoms with Crippen molar-refractivity contribution < 1.29 is 17.4 Å². The van der Waals surface area contributed by atoms with Crippen molar-refractivity contribution >= 4 is 15.9 Å². The summed E-state index contributed by atoms with van der Waals surface area (Å²) in [5.41, 5.74) is 0.527. The van der Waals surface area contributed by atoms with Crippen LogP contribution in [-0.2, 0) is 19.1 Å². The van der Waals surface area contributed by atoms with Crippen LogP contribution in [0.5, 0.6) is 0 Å². The molecule has 4 nitrogen and oxygen atoms in total. The van der Waals surface area contributed by atoms with Crippen LogP contribution in [0.3, 0.4) is 0 Å². The maximum Gasteiger partial charge on any atom is 0.296 e. The molecular formula is C19H24O4S. The molecule has 1 saturated carbocycles. The third-order valence-electron chi connectivity index (χ3n) is 5.56. The Kier molecular flexibility index (Phi) is 4.43. The lowest BCUT2D eigenvalue weighted by molar-refractivity contribution is -0.136. The molecule has 24 heavy (non-hydrogen) atoms. The summed E-state index contributed by atoms with van der Waals surface area (Å²) in [7, 11) is -3.74. The summed E-state index contributed by atoms with van der Waals surface area (Å²) in [4.78, 5) is 12.7. The van der Waals surface area contributed by atoms with Crippen LogP contribution >= 0.6 is 0 Å². The van der Waals surface area contributed by atoms with Crippen molar-refractivity contribution in [3.05, 3.63) is 42.0 Å². The second kappa shape index (κ2) is 6.12. The van der Waals surface area contributed by atoms with Gasteiger partial charge >= 0.3 is 0 Å². The Bertz CT molecular complexity index is 763. The van der Waals surface area contributed by atoms with Gasteiger partial charge in [0.1, 0.15) is 5.78 Å². The molecule has 4 atom stereocenters. The SMILES string of the molecule is Cc1ccc(S(=O)(=O)OCC[C@H]2[C@@H]3C=C[C@@]2(C)C(=O)[C@@H](C)C3)cc1. The first-order valence-electron chi connectivity index (χ1n) is 8.44. The third kappa shape index (κ3) is 2.95. The lowest BCUT2D eigenvalue weighted by atomic mass is 9.62. The largest absolute Gasteiger partial charge is 0.298 e. The Balaban J connectivity index is 1.65. The molecule has 0 saturated heterocycles.